The summed E-state index contributed by atoms with van der Waals surface area (Å²) in [5.74, 6) is -1.00. The second-order valence-electron chi connectivity index (χ2n) is 20.5. The van der Waals surface area contributed by atoms with Crippen LogP contribution in [0.1, 0.15) is 265 Å². The molecule has 0 aromatic heterocycles. The van der Waals surface area contributed by atoms with Crippen molar-refractivity contribution in [3.63, 3.8) is 0 Å². The molecule has 6 heteroatoms. The Bertz CT molecular complexity index is 1780. The van der Waals surface area contributed by atoms with Gasteiger partial charge in [-0.05, 0) is 141 Å². The molecule has 79 heavy (non-hydrogen) atoms. The van der Waals surface area contributed by atoms with E-state index in [9.17, 15) is 14.4 Å². The van der Waals surface area contributed by atoms with Crippen LogP contribution < -0.4 is 0 Å². The zero-order valence-electron chi connectivity index (χ0n) is 50.8. The Hall–Kier alpha value is -4.97. The molecule has 0 heterocycles. The Labute approximate surface area is 486 Å². The molecular weight excluding hydrogens is 973 g/mol. The van der Waals surface area contributed by atoms with E-state index in [-0.39, 0.29) is 37.5 Å². The molecular formula is C73H116O6. The largest absolute Gasteiger partial charge is 0.462 e. The van der Waals surface area contributed by atoms with Gasteiger partial charge < -0.3 is 14.2 Å². The maximum Gasteiger partial charge on any atom is 0.306 e. The van der Waals surface area contributed by atoms with E-state index in [1.807, 2.05) is 0 Å². The fraction of sp³-hybridized carbons (Fsp3) is 0.603. The van der Waals surface area contributed by atoms with Crippen LogP contribution in [0.5, 0.6) is 0 Å². The Balaban J connectivity index is 4.53. The molecule has 0 saturated carbocycles. The summed E-state index contributed by atoms with van der Waals surface area (Å²) in [5.41, 5.74) is 0. The van der Waals surface area contributed by atoms with Crippen molar-refractivity contribution >= 4 is 17.9 Å². The molecule has 444 valence electrons. The number of carbonyl (C=O) groups excluding carboxylic acids is 3. The summed E-state index contributed by atoms with van der Waals surface area (Å²) in [6, 6.07) is 0. The lowest BCUT2D eigenvalue weighted by Crippen LogP contribution is -2.30. The van der Waals surface area contributed by atoms with Crippen molar-refractivity contribution in [3.05, 3.63) is 158 Å². The van der Waals surface area contributed by atoms with Crippen LogP contribution in [-0.2, 0) is 28.6 Å². The molecule has 1 unspecified atom stereocenters. The van der Waals surface area contributed by atoms with Gasteiger partial charge in [0.25, 0.3) is 0 Å². The number of hydrogen-bond acceptors (Lipinski definition) is 6. The van der Waals surface area contributed by atoms with Crippen molar-refractivity contribution in [2.75, 3.05) is 13.2 Å². The van der Waals surface area contributed by atoms with Crippen LogP contribution >= 0.6 is 0 Å². The Kier molecular flexibility index (Phi) is 61.4. The summed E-state index contributed by atoms with van der Waals surface area (Å²) < 4.78 is 16.9. The first-order valence-electron chi connectivity index (χ1n) is 32.0. The molecule has 0 N–H and O–H groups in total. The molecule has 0 rings (SSSR count). The van der Waals surface area contributed by atoms with Crippen LogP contribution in [0, 0.1) is 0 Å². The molecule has 0 aromatic carbocycles. The van der Waals surface area contributed by atoms with Gasteiger partial charge in [0.2, 0.25) is 0 Å². The molecule has 0 saturated heterocycles. The molecule has 1 atom stereocenters. The van der Waals surface area contributed by atoms with Crippen LogP contribution in [0.15, 0.2) is 158 Å². The molecule has 0 aromatic rings. The van der Waals surface area contributed by atoms with Crippen molar-refractivity contribution in [1.82, 2.24) is 0 Å². The van der Waals surface area contributed by atoms with Crippen molar-refractivity contribution in [3.8, 4) is 0 Å². The Morgan fingerprint density at radius 3 is 0.823 bits per heavy atom. The van der Waals surface area contributed by atoms with Crippen molar-refractivity contribution < 1.29 is 28.6 Å². The van der Waals surface area contributed by atoms with Gasteiger partial charge in [0.05, 0.1) is 0 Å². The van der Waals surface area contributed by atoms with Gasteiger partial charge in [-0.15, -0.1) is 0 Å². The highest BCUT2D eigenvalue weighted by molar-refractivity contribution is 5.71. The molecule has 0 aliphatic carbocycles. The van der Waals surface area contributed by atoms with E-state index in [2.05, 4.69) is 179 Å². The number of allylic oxidation sites excluding steroid dienone is 26. The summed E-state index contributed by atoms with van der Waals surface area (Å²) in [6.45, 7) is 6.33. The second kappa shape index (κ2) is 65.5. The lowest BCUT2D eigenvalue weighted by molar-refractivity contribution is -0.167. The Morgan fingerprint density at radius 1 is 0.266 bits per heavy atom. The van der Waals surface area contributed by atoms with E-state index >= 15 is 0 Å². The van der Waals surface area contributed by atoms with Gasteiger partial charge >= 0.3 is 17.9 Å². The summed E-state index contributed by atoms with van der Waals surface area (Å²) in [6.07, 6.45) is 95.3. The number of carbonyl (C=O) groups is 3. The lowest BCUT2D eigenvalue weighted by atomic mass is 10.1. The van der Waals surface area contributed by atoms with E-state index in [1.54, 1.807) is 0 Å². The van der Waals surface area contributed by atoms with Gasteiger partial charge in [0.1, 0.15) is 13.2 Å². The molecule has 6 nitrogen and oxygen atoms in total. The van der Waals surface area contributed by atoms with Crippen LogP contribution in [-0.4, -0.2) is 37.2 Å². The standard InChI is InChI=1S/C73H116O6/c1-4-7-10-13-16-19-22-25-28-30-32-34-36-38-40-42-45-48-51-54-57-60-63-66-72(75)78-69-70(68-77-71(74)65-62-59-56-53-50-47-44-27-24-21-18-15-12-9-6-3)79-73(76)67-64-61-58-55-52-49-46-43-41-39-37-35-33-31-29-26-23-20-17-14-11-8-5-2/h7,9-10,12,16,18-19,21,23,25-28,31-34,37-40,44-45,48,54,57,70H,4-6,8,11,13-15,17,20,22,24,29-30,35-36,41-43,46-47,49-53,55-56,58-69H2,1-3H3/b10-7-,12-9-,19-16-,21-18-,26-23-,28-25-,33-31-,34-32-,39-37-,40-38-,44-27-,48-45-,57-54-. The van der Waals surface area contributed by atoms with Crippen LogP contribution in [0.3, 0.4) is 0 Å². The van der Waals surface area contributed by atoms with Crippen molar-refractivity contribution in [2.24, 2.45) is 0 Å². The fourth-order valence-electron chi connectivity index (χ4n) is 8.28. The Morgan fingerprint density at radius 2 is 0.506 bits per heavy atom. The maximum absolute atomic E-state index is 12.9. The van der Waals surface area contributed by atoms with E-state index < -0.39 is 6.10 Å². The molecule has 0 fully saturated rings. The second-order valence-corrected chi connectivity index (χ2v) is 20.5. The normalized spacial score (nSPS) is 13.2. The first kappa shape index (κ1) is 74.0. The SMILES string of the molecule is CC/C=C\C/C=C\C/C=C\C/C=C\C/C=C\C/C=C\C/C=C\CCCC(=O)OCC(COC(=O)CCCCCCC/C=C\C/C=C\C/C=C\CC)OC(=O)CCCCCCCCCC/C=C\C/C=C\C/C=C\CCCCCCC. The third kappa shape index (κ3) is 63.7. The van der Waals surface area contributed by atoms with Crippen LogP contribution in [0.25, 0.3) is 0 Å². The first-order chi connectivity index (χ1) is 39.0. The monoisotopic (exact) mass is 1090 g/mol. The van der Waals surface area contributed by atoms with Gasteiger partial charge in [-0.25, -0.2) is 0 Å². The van der Waals surface area contributed by atoms with E-state index in [0.717, 1.165) is 148 Å². The van der Waals surface area contributed by atoms with Gasteiger partial charge in [-0.1, -0.05) is 262 Å². The zero-order chi connectivity index (χ0) is 57.1. The third-order valence-corrected chi connectivity index (χ3v) is 13.0. The average Bonchev–Trinajstić information content (AvgIpc) is 3.45. The summed E-state index contributed by atoms with van der Waals surface area (Å²) in [4.78, 5) is 38.3. The van der Waals surface area contributed by atoms with Crippen LogP contribution in [0.2, 0.25) is 0 Å². The molecule has 0 aliphatic rings. The lowest BCUT2D eigenvalue weighted by Gasteiger charge is -2.18. The molecule has 0 bridgehead atoms. The fourth-order valence-corrected chi connectivity index (χ4v) is 8.28. The minimum atomic E-state index is -0.823. The van der Waals surface area contributed by atoms with Gasteiger partial charge in [0.15, 0.2) is 6.10 Å². The molecule has 0 spiro atoms. The highest BCUT2D eigenvalue weighted by Crippen LogP contribution is 2.14. The number of esters is 3. The van der Waals surface area contributed by atoms with Gasteiger partial charge in [0, 0.05) is 19.3 Å². The summed E-state index contributed by atoms with van der Waals surface area (Å²) in [5, 5.41) is 0. The minimum Gasteiger partial charge on any atom is -0.462 e. The van der Waals surface area contributed by atoms with Crippen molar-refractivity contribution in [2.45, 2.75) is 271 Å². The highest BCUT2D eigenvalue weighted by atomic mass is 16.6. The van der Waals surface area contributed by atoms with E-state index in [4.69, 9.17) is 14.2 Å². The predicted molar refractivity (Wildman–Crippen MR) is 343 cm³/mol. The molecule has 0 radical (unpaired) electrons. The topological polar surface area (TPSA) is 78.9 Å². The number of ether oxygens (including phenoxy) is 3. The molecule has 0 aliphatic heterocycles. The highest BCUT2D eigenvalue weighted by Gasteiger charge is 2.19. The zero-order valence-corrected chi connectivity index (χ0v) is 50.8. The summed E-state index contributed by atoms with van der Waals surface area (Å²) >= 11 is 0. The quantitative estimate of drug-likeness (QED) is 0.0261. The maximum atomic E-state index is 12.9. The number of hydrogen-bond donors (Lipinski definition) is 0. The van der Waals surface area contributed by atoms with E-state index in [0.29, 0.717) is 19.3 Å². The summed E-state index contributed by atoms with van der Waals surface area (Å²) in [7, 11) is 0. The first-order valence-corrected chi connectivity index (χ1v) is 32.0. The third-order valence-electron chi connectivity index (χ3n) is 13.0. The minimum absolute atomic E-state index is 0.115. The average molecular weight is 1090 g/mol. The van der Waals surface area contributed by atoms with Gasteiger partial charge in [-0.2, -0.15) is 0 Å². The van der Waals surface area contributed by atoms with Gasteiger partial charge in [-0.3, -0.25) is 14.4 Å². The predicted octanol–water partition coefficient (Wildman–Crippen LogP) is 22.1. The smallest absolute Gasteiger partial charge is 0.306 e. The number of unbranched alkanes of at least 4 members (excludes halogenated alkanes) is 19. The number of rotatable bonds is 56. The van der Waals surface area contributed by atoms with Crippen LogP contribution in [0.4, 0.5) is 0 Å². The molecule has 0 amide bonds. The van der Waals surface area contributed by atoms with Crippen molar-refractivity contribution in [1.29, 1.82) is 0 Å². The van der Waals surface area contributed by atoms with E-state index in [1.165, 1.54) is 70.6 Å².